The summed E-state index contributed by atoms with van der Waals surface area (Å²) in [6, 6.07) is 16.7. The molecule has 0 aliphatic rings. The van der Waals surface area contributed by atoms with Gasteiger partial charge in [-0.1, -0.05) is 60.1 Å². The fraction of sp³-hybridized carbons (Fsp3) is 0.320. The summed E-state index contributed by atoms with van der Waals surface area (Å²) in [5.41, 5.74) is 1.17. The van der Waals surface area contributed by atoms with Crippen LogP contribution in [0.2, 0.25) is 5.02 Å². The Morgan fingerprint density at radius 3 is 2.54 bits per heavy atom. The molecule has 0 aliphatic carbocycles. The zero-order valence-corrected chi connectivity index (χ0v) is 20.1. The maximum atomic E-state index is 13.4. The van der Waals surface area contributed by atoms with E-state index in [1.165, 1.54) is 10.9 Å². The molecule has 0 saturated carbocycles. The average molecular weight is 499 g/mol. The minimum atomic E-state index is -1.08. The van der Waals surface area contributed by atoms with Crippen molar-refractivity contribution in [2.75, 3.05) is 20.3 Å². The molecule has 0 saturated heterocycles. The molecule has 4 aromatic rings. The second-order valence-electron chi connectivity index (χ2n) is 8.13. The van der Waals surface area contributed by atoms with Crippen molar-refractivity contribution in [3.63, 3.8) is 0 Å². The monoisotopic (exact) mass is 498 g/mol. The van der Waals surface area contributed by atoms with Crippen molar-refractivity contribution < 1.29 is 14.6 Å². The van der Waals surface area contributed by atoms with Crippen molar-refractivity contribution in [3.8, 4) is 0 Å². The molecule has 2 aromatic heterocycles. The number of hydrogen-bond acceptors (Lipinski definition) is 6. The lowest BCUT2D eigenvalue weighted by Crippen LogP contribution is -2.44. The maximum Gasteiger partial charge on any atom is 0.333 e. The molecule has 0 spiro atoms. The van der Waals surface area contributed by atoms with Gasteiger partial charge in [-0.15, -0.1) is 0 Å². The summed E-state index contributed by atoms with van der Waals surface area (Å²) >= 11 is 6.14. The topological polar surface area (TPSA) is 101 Å². The van der Waals surface area contributed by atoms with Gasteiger partial charge in [0.15, 0.2) is 11.2 Å². The van der Waals surface area contributed by atoms with E-state index in [4.69, 9.17) is 21.1 Å². The van der Waals surface area contributed by atoms with Crippen LogP contribution < -0.4 is 11.2 Å². The zero-order chi connectivity index (χ0) is 24.8. The second kappa shape index (κ2) is 11.5. The first-order chi connectivity index (χ1) is 17.0. The summed E-state index contributed by atoms with van der Waals surface area (Å²) in [6.07, 6.45) is 0.445. The lowest BCUT2D eigenvalue weighted by molar-refractivity contribution is 0.0192. The van der Waals surface area contributed by atoms with E-state index in [2.05, 4.69) is 4.98 Å². The first kappa shape index (κ1) is 24.9. The predicted molar refractivity (Wildman–Crippen MR) is 133 cm³/mol. The Balaban J connectivity index is 1.63. The summed E-state index contributed by atoms with van der Waals surface area (Å²) in [4.78, 5) is 31.1. The molecule has 184 valence electrons. The number of rotatable bonds is 11. The van der Waals surface area contributed by atoms with Gasteiger partial charge >= 0.3 is 5.69 Å². The van der Waals surface area contributed by atoms with Gasteiger partial charge in [-0.25, -0.2) is 9.78 Å². The Morgan fingerprint density at radius 1 is 1.06 bits per heavy atom. The van der Waals surface area contributed by atoms with Crippen LogP contribution in [-0.4, -0.2) is 50.2 Å². The molecule has 0 fully saturated rings. The van der Waals surface area contributed by atoms with Crippen molar-refractivity contribution in [2.45, 2.75) is 32.3 Å². The summed E-state index contributed by atoms with van der Waals surface area (Å²) in [5.74, 6) is 0. The number of hydrogen-bond donors (Lipinski definition) is 1. The molecule has 2 heterocycles. The van der Waals surface area contributed by atoms with Crippen LogP contribution in [0.15, 0.2) is 70.5 Å². The van der Waals surface area contributed by atoms with E-state index in [1.807, 2.05) is 48.5 Å². The molecule has 10 heteroatoms. The lowest BCUT2D eigenvalue weighted by atomic mass is 10.2. The molecule has 4 rings (SSSR count). The highest BCUT2D eigenvalue weighted by Gasteiger charge is 2.20. The van der Waals surface area contributed by atoms with Crippen LogP contribution in [0.4, 0.5) is 0 Å². The smallest absolute Gasteiger partial charge is 0.333 e. The Labute approximate surface area is 206 Å². The molecule has 1 unspecified atom stereocenters. The van der Waals surface area contributed by atoms with Crippen LogP contribution >= 0.6 is 11.6 Å². The molecule has 35 heavy (non-hydrogen) atoms. The predicted octanol–water partition coefficient (Wildman–Crippen LogP) is 2.29. The molecule has 1 atom stereocenters. The number of benzene rings is 2. The van der Waals surface area contributed by atoms with E-state index in [0.29, 0.717) is 23.8 Å². The van der Waals surface area contributed by atoms with E-state index in [9.17, 15) is 14.7 Å². The molecule has 0 radical (unpaired) electrons. The number of methoxy groups -OCH3 is 1. The number of ether oxygens (including phenoxy) is 2. The second-order valence-corrected chi connectivity index (χ2v) is 8.54. The lowest BCUT2D eigenvalue weighted by Gasteiger charge is -2.16. The number of halogens is 1. The highest BCUT2D eigenvalue weighted by Crippen LogP contribution is 2.16. The fourth-order valence-electron chi connectivity index (χ4n) is 3.85. The van der Waals surface area contributed by atoms with E-state index < -0.39 is 17.4 Å². The van der Waals surface area contributed by atoms with Gasteiger partial charge in [0, 0.05) is 18.7 Å². The van der Waals surface area contributed by atoms with E-state index in [-0.39, 0.29) is 31.8 Å². The molecule has 0 bridgehead atoms. The number of nitrogens with zero attached hydrogens (tertiary/aromatic N) is 4. The summed E-state index contributed by atoms with van der Waals surface area (Å²) in [6.45, 7) is 0.914. The highest BCUT2D eigenvalue weighted by atomic mass is 35.5. The van der Waals surface area contributed by atoms with Gasteiger partial charge < -0.3 is 19.1 Å². The van der Waals surface area contributed by atoms with Crippen LogP contribution in [0.5, 0.6) is 0 Å². The first-order valence-electron chi connectivity index (χ1n) is 11.2. The third-order valence-electron chi connectivity index (χ3n) is 5.62. The van der Waals surface area contributed by atoms with Crippen molar-refractivity contribution in [2.24, 2.45) is 0 Å². The van der Waals surface area contributed by atoms with Crippen LogP contribution in [0.1, 0.15) is 11.1 Å². The quantitative estimate of drug-likeness (QED) is 0.340. The minimum absolute atomic E-state index is 0.0727. The average Bonchev–Trinajstić information content (AvgIpc) is 3.29. The van der Waals surface area contributed by atoms with Crippen molar-refractivity contribution in [1.82, 2.24) is 18.7 Å². The van der Waals surface area contributed by atoms with Gasteiger partial charge in [-0.05, 0) is 17.2 Å². The van der Waals surface area contributed by atoms with Gasteiger partial charge in [-0.2, -0.15) is 0 Å². The van der Waals surface area contributed by atoms with Crippen LogP contribution in [-0.2, 0) is 35.7 Å². The van der Waals surface area contributed by atoms with E-state index >= 15 is 0 Å². The zero-order valence-electron chi connectivity index (χ0n) is 19.3. The fourth-order valence-corrected chi connectivity index (χ4v) is 4.04. The van der Waals surface area contributed by atoms with Gasteiger partial charge in [0.05, 0.1) is 45.3 Å². The molecule has 1 N–H and O–H groups in total. The van der Waals surface area contributed by atoms with Crippen LogP contribution in [0.25, 0.3) is 11.2 Å². The Kier molecular flexibility index (Phi) is 8.14. The summed E-state index contributed by atoms with van der Waals surface area (Å²) in [7, 11) is 1.57. The molecular weight excluding hydrogens is 472 g/mol. The number of aromatic nitrogens is 4. The van der Waals surface area contributed by atoms with Crippen LogP contribution in [0.3, 0.4) is 0 Å². The first-order valence-corrected chi connectivity index (χ1v) is 11.6. The molecule has 2 aromatic carbocycles. The number of aliphatic hydroxyl groups is 1. The standard InChI is InChI=1S/C25H27ClN4O5/c1-34-12-11-28-17-27-23-22(28)24(32)30(25(33)29(23)13-18-7-3-2-4-8-18)14-20(31)16-35-15-19-9-5-6-10-21(19)26/h2-10,17,20,31H,11-16H2,1H3. The van der Waals surface area contributed by atoms with Gasteiger partial charge in [0.25, 0.3) is 5.56 Å². The Morgan fingerprint density at radius 2 is 1.80 bits per heavy atom. The van der Waals surface area contributed by atoms with E-state index in [1.54, 1.807) is 17.7 Å². The number of fused-ring (bicyclic) bond motifs is 1. The molecule has 9 nitrogen and oxygen atoms in total. The molecular formula is C25H27ClN4O5. The third-order valence-corrected chi connectivity index (χ3v) is 5.99. The Bertz CT molecular complexity index is 1400. The van der Waals surface area contributed by atoms with Crippen LogP contribution in [0, 0.1) is 0 Å². The summed E-state index contributed by atoms with van der Waals surface area (Å²) < 4.78 is 14.9. The van der Waals surface area contributed by atoms with Gasteiger partial charge in [-0.3, -0.25) is 13.9 Å². The highest BCUT2D eigenvalue weighted by molar-refractivity contribution is 6.31. The maximum absolute atomic E-state index is 13.4. The van der Waals surface area contributed by atoms with E-state index in [0.717, 1.165) is 15.7 Å². The summed E-state index contributed by atoms with van der Waals surface area (Å²) in [5, 5.41) is 11.2. The largest absolute Gasteiger partial charge is 0.389 e. The molecule has 0 aliphatic heterocycles. The number of imidazole rings is 1. The van der Waals surface area contributed by atoms with Gasteiger partial charge in [0.1, 0.15) is 0 Å². The number of aliphatic hydroxyl groups excluding tert-OH is 1. The Hall–Kier alpha value is -3.24. The van der Waals surface area contributed by atoms with Gasteiger partial charge in [0.2, 0.25) is 0 Å². The third kappa shape index (κ3) is 5.71. The van der Waals surface area contributed by atoms with Crippen molar-refractivity contribution in [3.05, 3.63) is 97.9 Å². The normalized spacial score (nSPS) is 12.3. The van der Waals surface area contributed by atoms with Crippen molar-refractivity contribution in [1.29, 1.82) is 0 Å². The van der Waals surface area contributed by atoms with Crippen molar-refractivity contribution >= 4 is 22.8 Å². The minimum Gasteiger partial charge on any atom is -0.389 e. The SMILES string of the molecule is COCCn1cnc2c1c(=O)n(CC(O)COCc1ccccc1Cl)c(=O)n2Cc1ccccc1. The molecule has 0 amide bonds.